The Morgan fingerprint density at radius 3 is 2.68 bits per heavy atom. The first-order valence-corrected chi connectivity index (χ1v) is 7.81. The number of hydrogen-bond donors (Lipinski definition) is 1. The number of carboxylic acids is 1. The Labute approximate surface area is 130 Å². The van der Waals surface area contributed by atoms with E-state index in [1.54, 1.807) is 24.3 Å². The van der Waals surface area contributed by atoms with Gasteiger partial charge in [-0.3, -0.25) is 14.5 Å². The third-order valence-corrected chi connectivity index (χ3v) is 3.87. The molecule has 0 aromatic heterocycles. The lowest BCUT2D eigenvalue weighted by atomic mass is 9.98. The first-order chi connectivity index (χ1) is 10.6. The lowest BCUT2D eigenvalue weighted by Gasteiger charge is -2.29. The summed E-state index contributed by atoms with van der Waals surface area (Å²) < 4.78 is 5.49. The number of piperidine rings is 1. The maximum Gasteiger partial charge on any atom is 0.307 e. The van der Waals surface area contributed by atoms with Crippen LogP contribution in [-0.2, 0) is 4.79 Å². The molecule has 5 heteroatoms. The minimum Gasteiger partial charge on any atom is -0.494 e. The van der Waals surface area contributed by atoms with E-state index in [9.17, 15) is 9.59 Å². The lowest BCUT2D eigenvalue weighted by Crippen LogP contribution is -2.41. The molecule has 1 aromatic rings. The second-order valence-electron chi connectivity index (χ2n) is 5.71. The van der Waals surface area contributed by atoms with Gasteiger partial charge in [-0.1, -0.05) is 6.92 Å². The summed E-state index contributed by atoms with van der Waals surface area (Å²) in [6, 6.07) is 7.15. The van der Waals surface area contributed by atoms with Crippen LogP contribution in [0.15, 0.2) is 24.3 Å². The summed E-state index contributed by atoms with van der Waals surface area (Å²) in [4.78, 5) is 25.3. The van der Waals surface area contributed by atoms with E-state index in [1.165, 1.54) is 0 Å². The van der Waals surface area contributed by atoms with Gasteiger partial charge in [0.05, 0.1) is 19.1 Å². The van der Waals surface area contributed by atoms with Crippen LogP contribution in [0.3, 0.4) is 0 Å². The molecule has 2 rings (SSSR count). The standard InChI is InChI=1S/C17H23NO4/c1-2-10-22-15-7-5-13(6-8-15)16(19)12-18-9-3-4-14(11-18)17(20)21/h5-8,14H,2-4,9-12H2,1H3,(H,20,21). The van der Waals surface area contributed by atoms with E-state index in [4.69, 9.17) is 9.84 Å². The number of rotatable bonds is 7. The van der Waals surface area contributed by atoms with Crippen molar-refractivity contribution in [1.82, 2.24) is 4.90 Å². The Morgan fingerprint density at radius 1 is 1.32 bits per heavy atom. The Hall–Kier alpha value is -1.88. The van der Waals surface area contributed by atoms with Crippen LogP contribution in [0.4, 0.5) is 0 Å². The van der Waals surface area contributed by atoms with E-state index in [0.717, 1.165) is 25.1 Å². The number of ketones is 1. The van der Waals surface area contributed by atoms with Gasteiger partial charge in [-0.15, -0.1) is 0 Å². The minimum atomic E-state index is -0.769. The molecule has 1 saturated heterocycles. The molecule has 0 spiro atoms. The van der Waals surface area contributed by atoms with Crippen LogP contribution in [0.25, 0.3) is 0 Å². The molecule has 0 amide bonds. The topological polar surface area (TPSA) is 66.8 Å². The summed E-state index contributed by atoms with van der Waals surface area (Å²) in [5, 5.41) is 9.08. The molecule has 22 heavy (non-hydrogen) atoms. The van der Waals surface area contributed by atoms with Crippen LogP contribution in [0.2, 0.25) is 0 Å². The Bertz CT molecular complexity index is 512. The highest BCUT2D eigenvalue weighted by atomic mass is 16.5. The minimum absolute atomic E-state index is 0.0214. The number of likely N-dealkylation sites (tertiary alicyclic amines) is 1. The van der Waals surface area contributed by atoms with Crippen LogP contribution < -0.4 is 4.74 Å². The monoisotopic (exact) mass is 305 g/mol. The number of Topliss-reactive ketones (excluding diaryl/α,β-unsaturated/α-hetero) is 1. The largest absolute Gasteiger partial charge is 0.494 e. The maximum atomic E-state index is 12.3. The number of aliphatic carboxylic acids is 1. The van der Waals surface area contributed by atoms with E-state index in [0.29, 0.717) is 25.1 Å². The fourth-order valence-corrected chi connectivity index (χ4v) is 2.65. The van der Waals surface area contributed by atoms with Crippen LogP contribution in [0.5, 0.6) is 5.75 Å². The van der Waals surface area contributed by atoms with Gasteiger partial charge in [-0.05, 0) is 50.1 Å². The van der Waals surface area contributed by atoms with Gasteiger partial charge in [0.1, 0.15) is 5.75 Å². The van der Waals surface area contributed by atoms with E-state index in [2.05, 4.69) is 0 Å². The molecule has 1 heterocycles. The molecular formula is C17H23NO4. The number of benzene rings is 1. The van der Waals surface area contributed by atoms with Crippen molar-refractivity contribution in [2.45, 2.75) is 26.2 Å². The molecule has 0 radical (unpaired) electrons. The SMILES string of the molecule is CCCOc1ccc(C(=O)CN2CCCC(C(=O)O)C2)cc1. The maximum absolute atomic E-state index is 12.3. The predicted molar refractivity (Wildman–Crippen MR) is 83.4 cm³/mol. The molecular weight excluding hydrogens is 282 g/mol. The molecule has 1 atom stereocenters. The van der Waals surface area contributed by atoms with E-state index in [1.807, 2.05) is 11.8 Å². The number of carbonyl (C=O) groups excluding carboxylic acids is 1. The normalized spacial score (nSPS) is 18.9. The molecule has 1 unspecified atom stereocenters. The van der Waals surface area contributed by atoms with Crippen molar-refractivity contribution in [2.75, 3.05) is 26.2 Å². The second-order valence-corrected chi connectivity index (χ2v) is 5.71. The van der Waals surface area contributed by atoms with Crippen molar-refractivity contribution < 1.29 is 19.4 Å². The predicted octanol–water partition coefficient (Wildman–Crippen LogP) is 2.45. The molecule has 1 aromatic carbocycles. The molecule has 0 bridgehead atoms. The zero-order valence-electron chi connectivity index (χ0n) is 13.0. The highest BCUT2D eigenvalue weighted by molar-refractivity contribution is 5.97. The summed E-state index contributed by atoms with van der Waals surface area (Å²) >= 11 is 0. The Balaban J connectivity index is 1.90. The number of hydrogen-bond acceptors (Lipinski definition) is 4. The Morgan fingerprint density at radius 2 is 2.05 bits per heavy atom. The third-order valence-electron chi connectivity index (χ3n) is 3.87. The number of ether oxygens (including phenoxy) is 1. The van der Waals surface area contributed by atoms with Crippen LogP contribution in [-0.4, -0.2) is 48.0 Å². The van der Waals surface area contributed by atoms with Gasteiger partial charge in [0.15, 0.2) is 5.78 Å². The van der Waals surface area contributed by atoms with Gasteiger partial charge in [-0.2, -0.15) is 0 Å². The molecule has 1 fully saturated rings. The second kappa shape index (κ2) is 7.94. The van der Waals surface area contributed by atoms with Gasteiger partial charge >= 0.3 is 5.97 Å². The zero-order chi connectivity index (χ0) is 15.9. The van der Waals surface area contributed by atoms with Crippen molar-refractivity contribution in [3.05, 3.63) is 29.8 Å². The number of nitrogens with zero attached hydrogens (tertiary/aromatic N) is 1. The molecule has 1 aliphatic heterocycles. The summed E-state index contributed by atoms with van der Waals surface area (Å²) in [6.07, 6.45) is 2.47. The average Bonchev–Trinajstić information content (AvgIpc) is 2.53. The van der Waals surface area contributed by atoms with Crippen LogP contribution in [0, 0.1) is 5.92 Å². The molecule has 5 nitrogen and oxygen atoms in total. The van der Waals surface area contributed by atoms with Gasteiger partial charge < -0.3 is 9.84 Å². The summed E-state index contributed by atoms with van der Waals surface area (Å²) in [5.41, 5.74) is 0.640. The first-order valence-electron chi connectivity index (χ1n) is 7.81. The van der Waals surface area contributed by atoms with Crippen molar-refractivity contribution in [3.63, 3.8) is 0 Å². The molecule has 1 aliphatic rings. The molecule has 0 saturated carbocycles. The fourth-order valence-electron chi connectivity index (χ4n) is 2.65. The Kier molecular flexibility index (Phi) is 5.95. The van der Waals surface area contributed by atoms with Crippen molar-refractivity contribution in [1.29, 1.82) is 0 Å². The van der Waals surface area contributed by atoms with Crippen molar-refractivity contribution in [3.8, 4) is 5.75 Å². The molecule has 1 N–H and O–H groups in total. The molecule has 0 aliphatic carbocycles. The quantitative estimate of drug-likeness (QED) is 0.784. The summed E-state index contributed by atoms with van der Waals surface area (Å²) in [6.45, 7) is 4.23. The van der Waals surface area contributed by atoms with Crippen molar-refractivity contribution in [2.24, 2.45) is 5.92 Å². The van der Waals surface area contributed by atoms with E-state index >= 15 is 0 Å². The zero-order valence-corrected chi connectivity index (χ0v) is 13.0. The smallest absolute Gasteiger partial charge is 0.307 e. The van der Waals surface area contributed by atoms with Gasteiger partial charge in [-0.25, -0.2) is 0 Å². The van der Waals surface area contributed by atoms with Crippen LogP contribution >= 0.6 is 0 Å². The number of carboxylic acid groups (broad SMARTS) is 1. The highest BCUT2D eigenvalue weighted by Crippen LogP contribution is 2.18. The van der Waals surface area contributed by atoms with Gasteiger partial charge in [0.25, 0.3) is 0 Å². The first kappa shape index (κ1) is 16.5. The number of carbonyl (C=O) groups is 2. The lowest BCUT2D eigenvalue weighted by molar-refractivity contribution is -0.143. The third kappa shape index (κ3) is 4.56. The van der Waals surface area contributed by atoms with Crippen LogP contribution in [0.1, 0.15) is 36.5 Å². The summed E-state index contributed by atoms with van der Waals surface area (Å²) in [5.74, 6) is -0.337. The molecule has 120 valence electrons. The fraction of sp³-hybridized carbons (Fsp3) is 0.529. The van der Waals surface area contributed by atoms with Gasteiger partial charge in [0, 0.05) is 12.1 Å². The van der Waals surface area contributed by atoms with Gasteiger partial charge in [0.2, 0.25) is 0 Å². The summed E-state index contributed by atoms with van der Waals surface area (Å²) in [7, 11) is 0. The van der Waals surface area contributed by atoms with E-state index < -0.39 is 5.97 Å². The average molecular weight is 305 g/mol. The highest BCUT2D eigenvalue weighted by Gasteiger charge is 2.26. The van der Waals surface area contributed by atoms with E-state index in [-0.39, 0.29) is 18.2 Å². The van der Waals surface area contributed by atoms with Crippen molar-refractivity contribution >= 4 is 11.8 Å².